The zero-order valence-corrected chi connectivity index (χ0v) is 15.5. The van der Waals surface area contributed by atoms with Crippen LogP contribution in [-0.2, 0) is 15.1 Å². The first-order valence-electron chi connectivity index (χ1n) is 8.83. The van der Waals surface area contributed by atoms with E-state index in [4.69, 9.17) is 0 Å². The number of likely N-dealkylation sites (tertiary alicyclic amines) is 2. The first-order valence-corrected chi connectivity index (χ1v) is 9.71. The third kappa shape index (κ3) is 2.25. The average molecular weight is 385 g/mol. The van der Waals surface area contributed by atoms with E-state index in [1.54, 1.807) is 17.2 Å². The maximum atomic E-state index is 13.4. The molecule has 0 radical (unpaired) electrons. The lowest BCUT2D eigenvalue weighted by molar-refractivity contribution is -0.156. The van der Waals surface area contributed by atoms with Gasteiger partial charge in [-0.15, -0.1) is 11.3 Å². The highest BCUT2D eigenvalue weighted by atomic mass is 32.1. The molecule has 0 aliphatic carbocycles. The number of benzene rings is 1. The molecule has 3 aliphatic rings. The van der Waals surface area contributed by atoms with Crippen LogP contribution >= 0.6 is 11.3 Å². The summed E-state index contributed by atoms with van der Waals surface area (Å²) in [5.41, 5.74) is 5.82. The largest absolute Gasteiger partial charge is 0.479 e. The molecule has 3 atom stereocenters. The van der Waals surface area contributed by atoms with Crippen molar-refractivity contribution in [3.05, 3.63) is 35.3 Å². The maximum Gasteiger partial charge on any atom is 0.340 e. The van der Waals surface area contributed by atoms with Gasteiger partial charge in [-0.25, -0.2) is 15.2 Å². The van der Waals surface area contributed by atoms with Gasteiger partial charge in [-0.1, -0.05) is 12.1 Å². The van der Waals surface area contributed by atoms with E-state index in [0.717, 1.165) is 23.5 Å². The molecule has 1 aromatic carbocycles. The van der Waals surface area contributed by atoms with Gasteiger partial charge in [0.1, 0.15) is 5.01 Å². The van der Waals surface area contributed by atoms with E-state index in [0.29, 0.717) is 23.8 Å². The summed E-state index contributed by atoms with van der Waals surface area (Å²) >= 11 is 1.51. The Balaban J connectivity index is 1.53. The Labute approximate surface area is 159 Å². The van der Waals surface area contributed by atoms with Crippen LogP contribution in [0.5, 0.6) is 0 Å². The fourth-order valence-electron chi connectivity index (χ4n) is 4.46. The van der Waals surface area contributed by atoms with E-state index < -0.39 is 17.4 Å². The van der Waals surface area contributed by atoms with Crippen LogP contribution in [0.3, 0.4) is 0 Å². The molecule has 0 saturated carbocycles. The fourth-order valence-corrected chi connectivity index (χ4v) is 5.10. The Morgan fingerprint density at radius 1 is 1.33 bits per heavy atom. The molecule has 2 saturated heterocycles. The van der Waals surface area contributed by atoms with Crippen molar-refractivity contribution < 1.29 is 14.7 Å². The van der Waals surface area contributed by atoms with Crippen molar-refractivity contribution in [1.29, 1.82) is 0 Å². The van der Waals surface area contributed by atoms with Gasteiger partial charge < -0.3 is 15.4 Å². The van der Waals surface area contributed by atoms with E-state index in [1.165, 1.54) is 11.3 Å². The normalized spacial score (nSPS) is 29.0. The van der Waals surface area contributed by atoms with Gasteiger partial charge in [-0.2, -0.15) is 0 Å². The van der Waals surface area contributed by atoms with Crippen molar-refractivity contribution in [3.8, 4) is 10.6 Å². The molecule has 2 aromatic rings. The van der Waals surface area contributed by atoms with Gasteiger partial charge in [-0.3, -0.25) is 9.69 Å². The highest BCUT2D eigenvalue weighted by Crippen LogP contribution is 2.40. The lowest BCUT2D eigenvalue weighted by atomic mass is 9.88. The van der Waals surface area contributed by atoms with Gasteiger partial charge in [0.2, 0.25) is 5.54 Å². The molecular weight excluding hydrogens is 366 g/mol. The van der Waals surface area contributed by atoms with Gasteiger partial charge in [0.05, 0.1) is 5.69 Å². The second kappa shape index (κ2) is 5.75. The van der Waals surface area contributed by atoms with Gasteiger partial charge >= 0.3 is 5.97 Å². The summed E-state index contributed by atoms with van der Waals surface area (Å²) in [5.74, 6) is -1.60. The lowest BCUT2D eigenvalue weighted by Gasteiger charge is -2.36. The Kier molecular flexibility index (Phi) is 3.55. The molecule has 4 heterocycles. The van der Waals surface area contributed by atoms with Crippen LogP contribution in [-0.4, -0.2) is 64.0 Å². The number of carbonyl (C=O) groups excluding carboxylic acids is 1. The number of amides is 1. The van der Waals surface area contributed by atoms with E-state index in [9.17, 15) is 14.7 Å². The molecule has 2 bridgehead atoms. The number of carboxylic acid groups (broad SMARTS) is 1. The van der Waals surface area contributed by atoms with Crippen LogP contribution in [0.2, 0.25) is 0 Å². The van der Waals surface area contributed by atoms with Gasteiger partial charge in [0.25, 0.3) is 5.91 Å². The number of fused-ring (bicyclic) bond motifs is 3. The Morgan fingerprint density at radius 3 is 2.81 bits per heavy atom. The van der Waals surface area contributed by atoms with E-state index >= 15 is 0 Å². The van der Waals surface area contributed by atoms with Gasteiger partial charge in [0.15, 0.2) is 0 Å². The molecule has 2 fully saturated rings. The van der Waals surface area contributed by atoms with Crippen LogP contribution in [0.1, 0.15) is 12.0 Å². The van der Waals surface area contributed by atoms with Crippen LogP contribution in [0.4, 0.5) is 5.69 Å². The SMILES string of the molecule is CN1C[C@@H]2C[C@H]1CN2C(=O)C1(C(=O)O)NNc2cc(-c3nccs3)ccc21. The predicted octanol–water partition coefficient (Wildman–Crippen LogP) is 0.935. The second-order valence-corrected chi connectivity index (χ2v) is 8.24. The standard InChI is InChI=1S/C18H19N5O3S/c1-22-8-12-7-11(22)9-23(12)16(24)18(17(25)26)13-3-2-10(6-14(13)20-21-18)15-19-4-5-27-15/h2-6,11-12,20-21H,7-9H2,1H3,(H,25,26)/t11-,12-,18?/m0/s1. The van der Waals surface area contributed by atoms with Crippen LogP contribution in [0.25, 0.3) is 10.6 Å². The van der Waals surface area contributed by atoms with Crippen LogP contribution in [0.15, 0.2) is 29.8 Å². The Hall–Kier alpha value is -2.49. The average Bonchev–Trinajstić information content (AvgIpc) is 3.42. The number of nitrogens with one attached hydrogen (secondary N) is 2. The second-order valence-electron chi connectivity index (χ2n) is 7.34. The van der Waals surface area contributed by atoms with Crippen LogP contribution < -0.4 is 10.9 Å². The molecule has 1 amide bonds. The van der Waals surface area contributed by atoms with Gasteiger partial charge in [0, 0.05) is 47.9 Å². The molecule has 3 aliphatic heterocycles. The number of nitrogens with zero attached hydrogens (tertiary/aromatic N) is 3. The van der Waals surface area contributed by atoms with E-state index in [-0.39, 0.29) is 6.04 Å². The fraction of sp³-hybridized carbons (Fsp3) is 0.389. The summed E-state index contributed by atoms with van der Waals surface area (Å²) < 4.78 is 0. The third-order valence-corrected chi connectivity index (χ3v) is 6.73. The summed E-state index contributed by atoms with van der Waals surface area (Å²) in [6.07, 6.45) is 2.63. The number of carboxylic acids is 1. The molecule has 5 rings (SSSR count). The minimum atomic E-state index is -1.81. The van der Waals surface area contributed by atoms with E-state index in [2.05, 4.69) is 20.7 Å². The van der Waals surface area contributed by atoms with Crippen molar-refractivity contribution in [2.24, 2.45) is 0 Å². The van der Waals surface area contributed by atoms with Crippen molar-refractivity contribution in [3.63, 3.8) is 0 Å². The molecule has 3 N–H and O–H groups in total. The molecular formula is C18H19N5O3S. The third-order valence-electron chi connectivity index (χ3n) is 5.90. The number of rotatable bonds is 3. The number of likely N-dealkylation sites (N-methyl/N-ethyl adjacent to an activating group) is 1. The van der Waals surface area contributed by atoms with Gasteiger partial charge in [-0.05, 0) is 19.5 Å². The zero-order chi connectivity index (χ0) is 18.8. The monoisotopic (exact) mass is 385 g/mol. The summed E-state index contributed by atoms with van der Waals surface area (Å²) in [6.45, 7) is 1.36. The zero-order valence-electron chi connectivity index (χ0n) is 14.7. The van der Waals surface area contributed by atoms with E-state index in [1.807, 2.05) is 24.6 Å². The lowest BCUT2D eigenvalue weighted by Crippen LogP contribution is -2.61. The summed E-state index contributed by atoms with van der Waals surface area (Å²) in [6, 6.07) is 5.76. The topological polar surface area (TPSA) is 97.8 Å². The van der Waals surface area contributed by atoms with Crippen molar-refractivity contribution in [1.82, 2.24) is 20.2 Å². The highest BCUT2D eigenvalue weighted by Gasteiger charge is 2.58. The number of anilines is 1. The number of hydrogen-bond donors (Lipinski definition) is 3. The summed E-state index contributed by atoms with van der Waals surface area (Å²) in [7, 11) is 2.05. The minimum Gasteiger partial charge on any atom is -0.479 e. The Bertz CT molecular complexity index is 931. The number of aliphatic carboxylic acids is 1. The first-order chi connectivity index (χ1) is 13.0. The predicted molar refractivity (Wildman–Crippen MR) is 100 cm³/mol. The Morgan fingerprint density at radius 2 is 2.19 bits per heavy atom. The molecule has 8 nitrogen and oxygen atoms in total. The molecule has 140 valence electrons. The molecule has 1 unspecified atom stereocenters. The molecule has 27 heavy (non-hydrogen) atoms. The molecule has 0 spiro atoms. The smallest absolute Gasteiger partial charge is 0.340 e. The van der Waals surface area contributed by atoms with Crippen molar-refractivity contribution >= 4 is 28.9 Å². The molecule has 1 aromatic heterocycles. The van der Waals surface area contributed by atoms with Crippen molar-refractivity contribution in [2.75, 3.05) is 25.6 Å². The number of hydrogen-bond acceptors (Lipinski definition) is 7. The number of carbonyl (C=O) groups is 2. The number of piperazine rings is 1. The van der Waals surface area contributed by atoms with Crippen molar-refractivity contribution in [2.45, 2.75) is 24.0 Å². The van der Waals surface area contributed by atoms with Crippen LogP contribution in [0, 0.1) is 0 Å². The number of thiazole rings is 1. The first kappa shape index (κ1) is 16.7. The minimum absolute atomic E-state index is 0.0733. The summed E-state index contributed by atoms with van der Waals surface area (Å²) in [5, 5.41) is 12.8. The number of aromatic nitrogens is 1. The number of hydrazine groups is 1. The quantitative estimate of drug-likeness (QED) is 0.677. The summed E-state index contributed by atoms with van der Waals surface area (Å²) in [4.78, 5) is 34.0. The maximum absolute atomic E-state index is 13.4. The molecule has 9 heteroatoms. The highest BCUT2D eigenvalue weighted by molar-refractivity contribution is 7.13.